The number of ketones is 3. The van der Waals surface area contributed by atoms with E-state index >= 15 is 0 Å². The van der Waals surface area contributed by atoms with E-state index in [2.05, 4.69) is 51.4 Å². The molecule has 0 aliphatic heterocycles. The summed E-state index contributed by atoms with van der Waals surface area (Å²) in [5.74, 6) is -10.7. The first-order valence-electron chi connectivity index (χ1n) is 42.6. The van der Waals surface area contributed by atoms with Crippen LogP contribution in [0.1, 0.15) is 154 Å². The van der Waals surface area contributed by atoms with Crippen molar-refractivity contribution in [2.24, 2.45) is 22.9 Å². The van der Waals surface area contributed by atoms with Gasteiger partial charge in [0.15, 0.2) is 26.4 Å². The van der Waals surface area contributed by atoms with E-state index in [0.717, 1.165) is 97.7 Å². The largest absolute Gasteiger partial charge is 0.480 e. The summed E-state index contributed by atoms with van der Waals surface area (Å²) in [6.45, 7) is 6.75. The van der Waals surface area contributed by atoms with Crippen LogP contribution in [0.2, 0.25) is 0 Å². The Morgan fingerprint density at radius 3 is 1.17 bits per heavy atom. The fraction of sp³-hybridized carbons (Fsp3) is 0.184. The Bertz CT molecular complexity index is 7040. The lowest BCUT2D eigenvalue weighted by Crippen LogP contribution is -2.24. The van der Waals surface area contributed by atoms with Crippen molar-refractivity contribution >= 4 is 92.5 Å². The third-order valence-corrected chi connectivity index (χ3v) is 22.3. The van der Waals surface area contributed by atoms with Gasteiger partial charge < -0.3 is 79.9 Å². The second-order valence-electron chi connectivity index (χ2n) is 31.2. The molecule has 1 aliphatic carbocycles. The Kier molecular flexibility index (Phi) is 29.8. The number of carboxylic acid groups (broad SMARTS) is 4. The Balaban J connectivity index is 0.000000151. The van der Waals surface area contributed by atoms with Gasteiger partial charge in [0, 0.05) is 89.9 Å². The van der Waals surface area contributed by atoms with Gasteiger partial charge in [0.2, 0.25) is 23.5 Å². The number of rotatable bonds is 34. The molecule has 0 unspecified atom stereocenters. The highest BCUT2D eigenvalue weighted by molar-refractivity contribution is 6.45. The molecule has 676 valence electrons. The van der Waals surface area contributed by atoms with Crippen LogP contribution in [0.25, 0.3) is 50.0 Å². The van der Waals surface area contributed by atoms with Crippen molar-refractivity contribution in [1.82, 2.24) is 32.6 Å². The van der Waals surface area contributed by atoms with Crippen molar-refractivity contribution < 1.29 is 92.1 Å². The number of amides is 4. The minimum atomic E-state index is -1.19. The summed E-state index contributed by atoms with van der Waals surface area (Å²) in [5.41, 5.74) is 42.3. The fourth-order valence-corrected chi connectivity index (χ4v) is 16.8. The van der Waals surface area contributed by atoms with Crippen molar-refractivity contribution in [3.63, 3.8) is 0 Å². The van der Waals surface area contributed by atoms with Crippen LogP contribution >= 0.6 is 0 Å². The Labute approximate surface area is 762 Å². The summed E-state index contributed by atoms with van der Waals surface area (Å²) in [5, 5.41) is 36.4. The van der Waals surface area contributed by atoms with E-state index in [1.807, 2.05) is 207 Å². The maximum atomic E-state index is 13.0. The number of hydrogen-bond donors (Lipinski definition) is 8. The smallest absolute Gasteiger partial charge is 0.341 e. The molecular formula is C103H95N11O19. The quantitative estimate of drug-likeness (QED) is 0.0137. The number of carboxylic acids is 4. The number of aryl methyl sites for hydroxylation is 2. The number of Topliss-reactive ketones (excluding diaryl/α,β-unsaturated/α-hetero) is 3. The Hall–Kier alpha value is -16.9. The van der Waals surface area contributed by atoms with Crippen LogP contribution in [-0.2, 0) is 96.1 Å². The van der Waals surface area contributed by atoms with E-state index in [1.165, 1.54) is 5.56 Å². The van der Waals surface area contributed by atoms with Crippen molar-refractivity contribution in [1.29, 1.82) is 0 Å². The molecule has 0 saturated carbocycles. The van der Waals surface area contributed by atoms with Gasteiger partial charge in [0.05, 0.1) is 39.3 Å². The standard InChI is InChI=1S/C28H27N3O5.C27H25N3O5.C26H23N3O5.C22H20N2O4/c1-3-21-22(14-20-12-8-7-11-19(20)13-18-9-5-4-6-10-18)31-15-17(2)30-28(36-16-23(32)33)25(31)24(21)26(34)27(29)35;1-3-20-21(13-17-8-7-11-19(12-17)18-9-5-4-6-10-18)30-14-16(2)29-27(35-15-22(31)32)24(30)23(20)25(33)26(28)34;1-2-18-20(13-16-9-5-3-6-10-16)29-14-19(17-11-7-4-8-12-17)28-26(34-15-21(30)31)23(29)22(18)24(32)25(27)33;23-22(27)16-9-4-8-15-17(12-14-6-2-1-3-7-14)24-11-5-10-18(21(24)20(15)16)28-13-19(25)26/h4-12,15H,3,13-14,16H2,1-2H3,(H2,29,35)(H,32,33);4-12,14H,3,13,15H2,1-2H3,(H2,28,34)(H,31,32);3-12,14H,2,13,15H2,1H3,(H2,27,33)(H,30,31);1-3,5-7,9-11H,4,8,12-13H2,(H2,23,27)(H,25,26). The monoisotopic (exact) mass is 1790 g/mol. The summed E-state index contributed by atoms with van der Waals surface area (Å²) in [7, 11) is 0. The van der Waals surface area contributed by atoms with Crippen molar-refractivity contribution in [3.05, 3.63) is 355 Å². The molecule has 8 aromatic heterocycles. The Morgan fingerprint density at radius 1 is 0.368 bits per heavy atom. The second kappa shape index (κ2) is 42.3. The number of pyridine rings is 1. The predicted octanol–water partition coefficient (Wildman–Crippen LogP) is 13.2. The predicted molar refractivity (Wildman–Crippen MR) is 496 cm³/mol. The molecule has 0 radical (unpaired) electrons. The molecule has 15 aromatic rings. The molecule has 30 heteroatoms. The van der Waals surface area contributed by atoms with Crippen LogP contribution in [0.15, 0.2) is 243 Å². The number of fused-ring (bicyclic) bond motifs is 6. The molecule has 0 atom stereocenters. The van der Waals surface area contributed by atoms with Crippen LogP contribution in [0.4, 0.5) is 0 Å². The third-order valence-electron chi connectivity index (χ3n) is 22.3. The average Bonchev–Trinajstić information content (AvgIpc) is 1.60. The number of nitrogens with two attached hydrogens (primary N) is 4. The second-order valence-corrected chi connectivity index (χ2v) is 31.2. The number of carbonyl (C=O) groups excluding carboxylic acids is 7. The molecule has 0 bridgehead atoms. The number of carbonyl (C=O) groups is 11. The summed E-state index contributed by atoms with van der Waals surface area (Å²) in [6.07, 6.45) is 14.7. The number of aliphatic carboxylic acids is 4. The normalized spacial score (nSPS) is 11.4. The number of hydrogen-bond acceptors (Lipinski definition) is 18. The van der Waals surface area contributed by atoms with Gasteiger partial charge in [-0.1, -0.05) is 227 Å². The number of primary amides is 4. The Morgan fingerprint density at radius 2 is 0.737 bits per heavy atom. The van der Waals surface area contributed by atoms with Gasteiger partial charge in [-0.2, -0.15) is 0 Å². The molecule has 16 rings (SSSR count). The lowest BCUT2D eigenvalue weighted by atomic mass is 9.90. The van der Waals surface area contributed by atoms with Crippen LogP contribution < -0.4 is 41.9 Å². The molecule has 0 fully saturated rings. The summed E-state index contributed by atoms with van der Waals surface area (Å²) in [6, 6.07) is 68.9. The van der Waals surface area contributed by atoms with Gasteiger partial charge in [-0.3, -0.25) is 33.6 Å². The minimum Gasteiger partial charge on any atom is -0.480 e. The maximum absolute atomic E-state index is 13.0. The number of ether oxygens (including phenoxy) is 4. The van der Waals surface area contributed by atoms with Gasteiger partial charge in [-0.05, 0) is 131 Å². The van der Waals surface area contributed by atoms with Gasteiger partial charge in [-0.25, -0.2) is 34.1 Å². The van der Waals surface area contributed by atoms with Crippen LogP contribution in [0.5, 0.6) is 23.4 Å². The molecule has 0 spiro atoms. The van der Waals surface area contributed by atoms with Crippen LogP contribution in [0, 0.1) is 13.8 Å². The van der Waals surface area contributed by atoms with Crippen molar-refractivity contribution in [2.75, 3.05) is 26.4 Å². The number of allylic oxidation sites excluding steroid dienone is 1. The first kappa shape index (κ1) is 93.7. The van der Waals surface area contributed by atoms with Gasteiger partial charge in [-0.15, -0.1) is 0 Å². The van der Waals surface area contributed by atoms with Crippen LogP contribution in [-0.4, -0.2) is 144 Å². The van der Waals surface area contributed by atoms with Crippen LogP contribution in [0.3, 0.4) is 0 Å². The highest BCUT2D eigenvalue weighted by atomic mass is 16.5. The minimum absolute atomic E-state index is 0.0273. The van der Waals surface area contributed by atoms with E-state index in [0.29, 0.717) is 95.6 Å². The number of nitrogens with zero attached hydrogens (tertiary/aromatic N) is 7. The SMILES string of the molecule is CCc1c(C(=O)C(N)=O)c2c(OCC(=O)O)nc(-c3ccccc3)cn2c1Cc1ccccc1.CCc1c(C(=O)C(N)=O)c2c(OCC(=O)O)nc(C)cn2c1Cc1cccc(-c2ccccc2)c1.CCc1c(C(=O)C(N)=O)c2c(OCC(=O)O)nc(C)cn2c1Cc1ccccc1Cc1ccccc1.NC(=O)C1=CCCc2c1c1c(OCC(=O)O)cccn1c2Cc1ccccc1. The molecule has 1 aliphatic rings. The summed E-state index contributed by atoms with van der Waals surface area (Å²) >= 11 is 0. The molecule has 0 saturated heterocycles. The van der Waals surface area contributed by atoms with Crippen molar-refractivity contribution in [2.45, 2.75) is 98.8 Å². The van der Waals surface area contributed by atoms with Gasteiger partial charge in [0.1, 0.15) is 22.3 Å². The first-order chi connectivity index (χ1) is 64.0. The average molecular weight is 1790 g/mol. The van der Waals surface area contributed by atoms with E-state index < -0.39 is 91.3 Å². The molecule has 12 N–H and O–H groups in total. The zero-order chi connectivity index (χ0) is 94.8. The zero-order valence-corrected chi connectivity index (χ0v) is 73.3. The molecule has 4 amide bonds. The maximum Gasteiger partial charge on any atom is 0.341 e. The summed E-state index contributed by atoms with van der Waals surface area (Å²) < 4.78 is 29.3. The van der Waals surface area contributed by atoms with E-state index in [-0.39, 0.29) is 50.9 Å². The molecule has 8 heterocycles. The van der Waals surface area contributed by atoms with E-state index in [1.54, 1.807) is 51.7 Å². The van der Waals surface area contributed by atoms with Gasteiger partial charge in [0.25, 0.3) is 35.1 Å². The van der Waals surface area contributed by atoms with E-state index in [4.69, 9.17) is 57.2 Å². The zero-order valence-electron chi connectivity index (χ0n) is 73.3. The summed E-state index contributed by atoms with van der Waals surface area (Å²) in [4.78, 5) is 145. The lowest BCUT2D eigenvalue weighted by Gasteiger charge is -2.14. The van der Waals surface area contributed by atoms with Gasteiger partial charge >= 0.3 is 23.9 Å². The highest BCUT2D eigenvalue weighted by Crippen LogP contribution is 2.42. The third kappa shape index (κ3) is 21.4. The number of aromatic nitrogens is 7. The topological polar surface area (TPSA) is 466 Å². The molecule has 7 aromatic carbocycles. The van der Waals surface area contributed by atoms with E-state index in [9.17, 15) is 57.8 Å². The molecule has 133 heavy (non-hydrogen) atoms. The highest BCUT2D eigenvalue weighted by Gasteiger charge is 2.35. The first-order valence-corrected chi connectivity index (χ1v) is 42.6. The fourth-order valence-electron chi connectivity index (χ4n) is 16.8. The molecular weight excluding hydrogens is 1700 g/mol. The molecule has 30 nitrogen and oxygen atoms in total. The lowest BCUT2D eigenvalue weighted by molar-refractivity contribution is -0.140. The van der Waals surface area contributed by atoms with Crippen molar-refractivity contribution in [3.8, 4) is 45.8 Å². The number of benzene rings is 7.